The van der Waals surface area contributed by atoms with Gasteiger partial charge >= 0.3 is 0 Å². The van der Waals surface area contributed by atoms with Gasteiger partial charge in [0.05, 0.1) is 14.7 Å². The molecule has 0 saturated carbocycles. The second-order valence-electron chi connectivity index (χ2n) is 3.86. The lowest BCUT2D eigenvalue weighted by molar-refractivity contribution is 0.621. The van der Waals surface area contributed by atoms with E-state index < -0.39 is 0 Å². The summed E-state index contributed by atoms with van der Waals surface area (Å²) in [5, 5.41) is 0.545. The number of thiazole rings is 1. The molecule has 0 radical (unpaired) electrons. The number of fused-ring (bicyclic) bond motifs is 1. The lowest BCUT2D eigenvalue weighted by Crippen LogP contribution is -1.82. The van der Waals surface area contributed by atoms with Gasteiger partial charge < -0.3 is 5.73 Å². The molecule has 0 saturated heterocycles. The summed E-state index contributed by atoms with van der Waals surface area (Å²) in [6.45, 7) is 0. The van der Waals surface area contributed by atoms with Crippen molar-refractivity contribution in [3.05, 3.63) is 46.7 Å². The van der Waals surface area contributed by atoms with Gasteiger partial charge in [-0.05, 0) is 51.3 Å². The predicted molar refractivity (Wildman–Crippen MR) is 77.1 cm³/mol. The fraction of sp³-hybridized carbons (Fsp3) is 0. The number of nitrogens with two attached hydrogens (primary N) is 1. The lowest BCUT2D eigenvalue weighted by atomic mass is 10.1. The Labute approximate surface area is 115 Å². The van der Waals surface area contributed by atoms with Crippen LogP contribution in [0.1, 0.15) is 0 Å². The van der Waals surface area contributed by atoms with Crippen LogP contribution in [0.15, 0.2) is 40.9 Å². The summed E-state index contributed by atoms with van der Waals surface area (Å²) in [5.41, 5.74) is 8.26. The van der Waals surface area contributed by atoms with Crippen molar-refractivity contribution in [2.45, 2.75) is 0 Å². The van der Waals surface area contributed by atoms with E-state index >= 15 is 0 Å². The van der Waals surface area contributed by atoms with E-state index in [1.54, 1.807) is 6.07 Å². The monoisotopic (exact) mass is 322 g/mol. The highest BCUT2D eigenvalue weighted by Gasteiger charge is 2.06. The zero-order valence-corrected chi connectivity index (χ0v) is 11.6. The second kappa shape index (κ2) is 4.33. The summed E-state index contributed by atoms with van der Waals surface area (Å²) < 4.78 is 15.0. The number of anilines is 1. The highest BCUT2D eigenvalue weighted by atomic mass is 79.9. The maximum Gasteiger partial charge on any atom is 0.181 e. The molecular formula is C13H8BrFN2S. The minimum atomic E-state index is -0.273. The van der Waals surface area contributed by atoms with Crippen LogP contribution in [0.5, 0.6) is 0 Å². The third-order valence-corrected chi connectivity index (χ3v) is 4.17. The lowest BCUT2D eigenvalue weighted by Gasteiger charge is -2.02. The molecule has 0 spiro atoms. The summed E-state index contributed by atoms with van der Waals surface area (Å²) in [5.74, 6) is -0.273. The molecule has 0 aliphatic heterocycles. The van der Waals surface area contributed by atoms with Crippen LogP contribution in [-0.2, 0) is 0 Å². The standard InChI is InChI=1S/C13H8BrFN2S/c14-9-3-1-7(5-10(9)15)8-2-4-12-11(6-8)17-13(16)18-12/h1-6H,(H2,16,17). The topological polar surface area (TPSA) is 38.9 Å². The van der Waals surface area contributed by atoms with Gasteiger partial charge in [0.1, 0.15) is 5.82 Å². The summed E-state index contributed by atoms with van der Waals surface area (Å²) in [4.78, 5) is 4.23. The maximum absolute atomic E-state index is 13.5. The van der Waals surface area contributed by atoms with Crippen molar-refractivity contribution in [3.8, 4) is 11.1 Å². The minimum Gasteiger partial charge on any atom is -0.375 e. The number of rotatable bonds is 1. The zero-order chi connectivity index (χ0) is 12.7. The number of nitrogens with zero attached hydrogens (tertiary/aromatic N) is 1. The molecule has 0 bridgehead atoms. The molecule has 2 N–H and O–H groups in total. The van der Waals surface area contributed by atoms with Gasteiger partial charge in [0, 0.05) is 0 Å². The molecule has 0 atom stereocenters. The highest BCUT2D eigenvalue weighted by Crippen LogP contribution is 2.30. The molecular weight excluding hydrogens is 315 g/mol. The largest absolute Gasteiger partial charge is 0.375 e. The Bertz CT molecular complexity index is 739. The molecule has 3 rings (SSSR count). The predicted octanol–water partition coefficient (Wildman–Crippen LogP) is 4.45. The third-order valence-electron chi connectivity index (χ3n) is 2.66. The van der Waals surface area contributed by atoms with Crippen LogP contribution in [0, 0.1) is 5.82 Å². The molecule has 5 heteroatoms. The average molecular weight is 323 g/mol. The molecule has 3 aromatic rings. The molecule has 1 aromatic heterocycles. The fourth-order valence-electron chi connectivity index (χ4n) is 1.80. The van der Waals surface area contributed by atoms with E-state index in [9.17, 15) is 4.39 Å². The Hall–Kier alpha value is -1.46. The van der Waals surface area contributed by atoms with Crippen molar-refractivity contribution < 1.29 is 4.39 Å². The molecule has 18 heavy (non-hydrogen) atoms. The van der Waals surface area contributed by atoms with Crippen molar-refractivity contribution in [1.82, 2.24) is 4.98 Å². The first-order valence-corrected chi connectivity index (χ1v) is 6.86. The maximum atomic E-state index is 13.5. The quantitative estimate of drug-likeness (QED) is 0.719. The van der Waals surface area contributed by atoms with Gasteiger partial charge in [0.25, 0.3) is 0 Å². The first-order chi connectivity index (χ1) is 8.63. The van der Waals surface area contributed by atoms with Crippen LogP contribution >= 0.6 is 27.3 Å². The molecule has 2 nitrogen and oxygen atoms in total. The highest BCUT2D eigenvalue weighted by molar-refractivity contribution is 9.10. The molecule has 90 valence electrons. The summed E-state index contributed by atoms with van der Waals surface area (Å²) in [6, 6.07) is 10.9. The average Bonchev–Trinajstić information content (AvgIpc) is 2.71. The smallest absolute Gasteiger partial charge is 0.181 e. The van der Waals surface area contributed by atoms with E-state index in [0.717, 1.165) is 21.3 Å². The van der Waals surface area contributed by atoms with Gasteiger partial charge in [0.2, 0.25) is 0 Å². The molecule has 0 aliphatic carbocycles. The Morgan fingerprint density at radius 1 is 1.11 bits per heavy atom. The van der Waals surface area contributed by atoms with Crippen LogP contribution < -0.4 is 5.73 Å². The Morgan fingerprint density at radius 2 is 1.83 bits per heavy atom. The van der Waals surface area contributed by atoms with Crippen molar-refractivity contribution in [2.75, 3.05) is 5.73 Å². The van der Waals surface area contributed by atoms with Crippen LogP contribution in [0.2, 0.25) is 0 Å². The number of hydrogen-bond acceptors (Lipinski definition) is 3. The van der Waals surface area contributed by atoms with Crippen LogP contribution in [0.3, 0.4) is 0 Å². The van der Waals surface area contributed by atoms with Crippen molar-refractivity contribution in [3.63, 3.8) is 0 Å². The SMILES string of the molecule is Nc1nc2cc(-c3ccc(Br)c(F)c3)ccc2s1. The molecule has 0 unspecified atom stereocenters. The van der Waals surface area contributed by atoms with E-state index in [1.165, 1.54) is 17.4 Å². The normalized spacial score (nSPS) is 11.0. The molecule has 2 aromatic carbocycles. The summed E-state index contributed by atoms with van der Waals surface area (Å²) >= 11 is 4.59. The Morgan fingerprint density at radius 3 is 2.61 bits per heavy atom. The second-order valence-corrected chi connectivity index (χ2v) is 5.78. The van der Waals surface area contributed by atoms with E-state index in [0.29, 0.717) is 9.60 Å². The van der Waals surface area contributed by atoms with Crippen molar-refractivity contribution >= 4 is 42.6 Å². The summed E-state index contributed by atoms with van der Waals surface area (Å²) in [7, 11) is 0. The number of halogens is 2. The van der Waals surface area contributed by atoms with Crippen LogP contribution in [0.25, 0.3) is 21.3 Å². The number of hydrogen-bond donors (Lipinski definition) is 1. The van der Waals surface area contributed by atoms with E-state index in [1.807, 2.05) is 24.3 Å². The van der Waals surface area contributed by atoms with Gasteiger partial charge in [-0.1, -0.05) is 23.5 Å². The van der Waals surface area contributed by atoms with E-state index in [2.05, 4.69) is 20.9 Å². The Balaban J connectivity index is 2.15. The van der Waals surface area contributed by atoms with Crippen LogP contribution in [-0.4, -0.2) is 4.98 Å². The zero-order valence-electron chi connectivity index (χ0n) is 9.15. The first kappa shape index (κ1) is 11.6. The third kappa shape index (κ3) is 2.00. The van der Waals surface area contributed by atoms with Crippen molar-refractivity contribution in [2.24, 2.45) is 0 Å². The first-order valence-electron chi connectivity index (χ1n) is 5.25. The Kier molecular flexibility index (Phi) is 2.80. The molecule has 0 amide bonds. The van der Waals surface area contributed by atoms with E-state index in [4.69, 9.17) is 5.73 Å². The minimum absolute atomic E-state index is 0.273. The van der Waals surface area contributed by atoms with Crippen LogP contribution in [0.4, 0.5) is 9.52 Å². The number of nitrogen functional groups attached to an aromatic ring is 1. The summed E-state index contributed by atoms with van der Waals surface area (Å²) in [6.07, 6.45) is 0. The van der Waals surface area contributed by atoms with Crippen molar-refractivity contribution in [1.29, 1.82) is 0 Å². The van der Waals surface area contributed by atoms with Gasteiger partial charge in [-0.25, -0.2) is 9.37 Å². The molecule has 0 fully saturated rings. The van der Waals surface area contributed by atoms with E-state index in [-0.39, 0.29) is 5.82 Å². The number of benzene rings is 2. The fourth-order valence-corrected chi connectivity index (χ4v) is 2.76. The van der Waals surface area contributed by atoms with Gasteiger partial charge in [-0.3, -0.25) is 0 Å². The number of aromatic nitrogens is 1. The van der Waals surface area contributed by atoms with Gasteiger partial charge in [-0.2, -0.15) is 0 Å². The molecule has 1 heterocycles. The van der Waals surface area contributed by atoms with Gasteiger partial charge in [-0.15, -0.1) is 0 Å². The molecule has 0 aliphatic rings. The van der Waals surface area contributed by atoms with Gasteiger partial charge in [0.15, 0.2) is 5.13 Å².